The maximum atomic E-state index is 6.41. The van der Waals surface area contributed by atoms with Crippen molar-refractivity contribution < 1.29 is 4.74 Å². The summed E-state index contributed by atoms with van der Waals surface area (Å²) < 4.78 is 5.63. The quantitative estimate of drug-likeness (QED) is 0.866. The van der Waals surface area contributed by atoms with Gasteiger partial charge >= 0.3 is 0 Å². The minimum absolute atomic E-state index is 0.0410. The van der Waals surface area contributed by atoms with Gasteiger partial charge in [0.25, 0.3) is 0 Å². The van der Waals surface area contributed by atoms with Gasteiger partial charge in [-0.15, -0.1) is 0 Å². The van der Waals surface area contributed by atoms with Gasteiger partial charge in [0, 0.05) is 13.2 Å². The number of nitrogens with two attached hydrogens (primary N) is 1. The van der Waals surface area contributed by atoms with Crippen molar-refractivity contribution >= 4 is 0 Å². The van der Waals surface area contributed by atoms with Gasteiger partial charge in [-0.1, -0.05) is 49.6 Å². The molecule has 2 heteroatoms. The highest BCUT2D eigenvalue weighted by Gasteiger charge is 2.28. The van der Waals surface area contributed by atoms with Gasteiger partial charge in [0.1, 0.15) is 0 Å². The summed E-state index contributed by atoms with van der Waals surface area (Å²) in [5.41, 5.74) is 7.61. The molecule has 0 aromatic heterocycles. The van der Waals surface area contributed by atoms with Gasteiger partial charge in [-0.05, 0) is 24.3 Å². The zero-order valence-electron chi connectivity index (χ0n) is 10.6. The second-order valence-electron chi connectivity index (χ2n) is 5.04. The second-order valence-corrected chi connectivity index (χ2v) is 5.04. The predicted molar refractivity (Wildman–Crippen MR) is 70.7 cm³/mol. The molecule has 1 aliphatic rings. The lowest BCUT2D eigenvalue weighted by molar-refractivity contribution is 0.0534. The fraction of sp³-hybridized carbons (Fsp3) is 0.600. The number of methoxy groups -OCH3 is 1. The topological polar surface area (TPSA) is 35.2 Å². The Bertz CT molecular complexity index is 319. The van der Waals surface area contributed by atoms with E-state index in [1.54, 1.807) is 7.11 Å². The van der Waals surface area contributed by atoms with Crippen LogP contribution in [-0.2, 0) is 4.74 Å². The molecule has 1 fully saturated rings. The summed E-state index contributed by atoms with van der Waals surface area (Å²) in [6.07, 6.45) is 6.57. The zero-order valence-corrected chi connectivity index (χ0v) is 10.6. The van der Waals surface area contributed by atoms with Gasteiger partial charge in [-0.3, -0.25) is 0 Å². The van der Waals surface area contributed by atoms with Gasteiger partial charge < -0.3 is 10.5 Å². The Labute approximate surface area is 104 Å². The first kappa shape index (κ1) is 12.6. The average Bonchev–Trinajstić information content (AvgIpc) is 2.42. The van der Waals surface area contributed by atoms with Gasteiger partial charge in [0.15, 0.2) is 0 Å². The van der Waals surface area contributed by atoms with Gasteiger partial charge in [-0.25, -0.2) is 0 Å². The highest BCUT2D eigenvalue weighted by molar-refractivity contribution is 5.19. The summed E-state index contributed by atoms with van der Waals surface area (Å²) in [5.74, 6) is 0.619. The Hall–Kier alpha value is -0.860. The molecule has 2 N–H and O–H groups in total. The third kappa shape index (κ3) is 3.08. The van der Waals surface area contributed by atoms with Crippen LogP contribution in [0, 0.1) is 5.92 Å². The molecule has 2 nitrogen and oxygen atoms in total. The molecule has 2 unspecified atom stereocenters. The third-order valence-corrected chi connectivity index (χ3v) is 3.93. The molecule has 0 bridgehead atoms. The van der Waals surface area contributed by atoms with E-state index in [4.69, 9.17) is 10.5 Å². The molecule has 1 aliphatic carbocycles. The Morgan fingerprint density at radius 1 is 1.12 bits per heavy atom. The van der Waals surface area contributed by atoms with Gasteiger partial charge in [-0.2, -0.15) is 0 Å². The summed E-state index contributed by atoms with van der Waals surface area (Å²) in [5, 5.41) is 0. The van der Waals surface area contributed by atoms with Gasteiger partial charge in [0.05, 0.1) is 6.10 Å². The molecule has 1 aromatic carbocycles. The number of ether oxygens (including phenoxy) is 1. The number of hydrogen-bond acceptors (Lipinski definition) is 2. The van der Waals surface area contributed by atoms with Crippen molar-refractivity contribution in [3.63, 3.8) is 0 Å². The van der Waals surface area contributed by atoms with E-state index in [1.165, 1.54) is 37.7 Å². The van der Waals surface area contributed by atoms with Crippen molar-refractivity contribution in [3.05, 3.63) is 35.9 Å². The molecule has 94 valence electrons. The molecular formula is C15H23NO. The van der Waals surface area contributed by atoms with Gasteiger partial charge in [0.2, 0.25) is 0 Å². The normalized spacial score (nSPS) is 21.1. The van der Waals surface area contributed by atoms with E-state index in [1.807, 2.05) is 6.07 Å². The van der Waals surface area contributed by atoms with Crippen LogP contribution >= 0.6 is 0 Å². The Morgan fingerprint density at radius 3 is 2.35 bits per heavy atom. The summed E-state index contributed by atoms with van der Waals surface area (Å²) in [6.45, 7) is 0. The molecule has 0 heterocycles. The molecule has 2 rings (SSSR count). The van der Waals surface area contributed by atoms with E-state index in [9.17, 15) is 0 Å². The van der Waals surface area contributed by atoms with Crippen molar-refractivity contribution in [1.82, 2.24) is 0 Å². The standard InChI is InChI=1S/C15H23NO/c1-17-15(13-10-6-3-7-11-13)14(16)12-8-4-2-5-9-12/h3,6-7,10-12,14-15H,2,4-5,8-9,16H2,1H3. The van der Waals surface area contributed by atoms with E-state index in [0.717, 1.165) is 0 Å². The maximum Gasteiger partial charge on any atom is 0.0974 e. The second kappa shape index (κ2) is 6.18. The van der Waals surface area contributed by atoms with Crippen LogP contribution in [0.5, 0.6) is 0 Å². The first-order valence-corrected chi connectivity index (χ1v) is 6.66. The summed E-state index contributed by atoms with van der Waals surface area (Å²) in [4.78, 5) is 0. The SMILES string of the molecule is COC(c1ccccc1)C(N)C1CCCCC1. The van der Waals surface area contributed by atoms with Crippen LogP contribution in [0.25, 0.3) is 0 Å². The smallest absolute Gasteiger partial charge is 0.0974 e. The molecule has 1 aromatic rings. The third-order valence-electron chi connectivity index (χ3n) is 3.93. The van der Waals surface area contributed by atoms with Crippen molar-refractivity contribution in [2.24, 2.45) is 11.7 Å². The molecule has 1 saturated carbocycles. The fourth-order valence-electron chi connectivity index (χ4n) is 2.92. The van der Waals surface area contributed by atoms with Crippen molar-refractivity contribution in [2.45, 2.75) is 44.2 Å². The van der Waals surface area contributed by atoms with Crippen LogP contribution in [0.3, 0.4) is 0 Å². The Kier molecular flexibility index (Phi) is 4.57. The first-order chi connectivity index (χ1) is 8.33. The lowest BCUT2D eigenvalue weighted by Gasteiger charge is -2.32. The number of benzene rings is 1. The molecule has 2 atom stereocenters. The fourth-order valence-corrected chi connectivity index (χ4v) is 2.92. The minimum atomic E-state index is 0.0410. The van der Waals surface area contributed by atoms with E-state index in [-0.39, 0.29) is 12.1 Å². The highest BCUT2D eigenvalue weighted by Crippen LogP contribution is 2.32. The van der Waals surface area contributed by atoms with Crippen LogP contribution in [0.1, 0.15) is 43.8 Å². The summed E-state index contributed by atoms with van der Waals surface area (Å²) >= 11 is 0. The summed E-state index contributed by atoms with van der Waals surface area (Å²) in [7, 11) is 1.76. The average molecular weight is 233 g/mol. The lowest BCUT2D eigenvalue weighted by atomic mass is 9.81. The molecule has 0 spiro atoms. The van der Waals surface area contributed by atoms with Crippen LogP contribution in [0.4, 0.5) is 0 Å². The minimum Gasteiger partial charge on any atom is -0.375 e. The molecule has 17 heavy (non-hydrogen) atoms. The number of rotatable bonds is 4. The number of hydrogen-bond donors (Lipinski definition) is 1. The molecular weight excluding hydrogens is 210 g/mol. The van der Waals surface area contributed by atoms with Crippen LogP contribution < -0.4 is 5.73 Å². The predicted octanol–water partition coefficient (Wildman–Crippen LogP) is 3.28. The van der Waals surface area contributed by atoms with E-state index in [0.29, 0.717) is 5.92 Å². The van der Waals surface area contributed by atoms with E-state index in [2.05, 4.69) is 24.3 Å². The van der Waals surface area contributed by atoms with E-state index >= 15 is 0 Å². The largest absolute Gasteiger partial charge is 0.375 e. The van der Waals surface area contributed by atoms with Crippen molar-refractivity contribution in [3.8, 4) is 0 Å². The monoisotopic (exact) mass is 233 g/mol. The van der Waals surface area contributed by atoms with Crippen LogP contribution in [0.15, 0.2) is 30.3 Å². The summed E-state index contributed by atoms with van der Waals surface area (Å²) in [6, 6.07) is 10.5. The van der Waals surface area contributed by atoms with Crippen LogP contribution in [-0.4, -0.2) is 13.2 Å². The zero-order chi connectivity index (χ0) is 12.1. The molecule has 0 aliphatic heterocycles. The molecule has 0 saturated heterocycles. The van der Waals surface area contributed by atoms with E-state index < -0.39 is 0 Å². The maximum absolute atomic E-state index is 6.41. The Morgan fingerprint density at radius 2 is 1.76 bits per heavy atom. The molecule has 0 amide bonds. The van der Waals surface area contributed by atoms with Crippen molar-refractivity contribution in [1.29, 1.82) is 0 Å². The molecule has 0 radical (unpaired) electrons. The highest BCUT2D eigenvalue weighted by atomic mass is 16.5. The van der Waals surface area contributed by atoms with Crippen molar-refractivity contribution in [2.75, 3.05) is 7.11 Å². The Balaban J connectivity index is 2.07. The first-order valence-electron chi connectivity index (χ1n) is 6.66. The van der Waals surface area contributed by atoms with Crippen LogP contribution in [0.2, 0.25) is 0 Å². The lowest BCUT2D eigenvalue weighted by Crippen LogP contribution is -2.38.